The summed E-state index contributed by atoms with van der Waals surface area (Å²) in [6.45, 7) is 8.57. The number of nitrogens with zero attached hydrogens (tertiary/aromatic N) is 3. The van der Waals surface area contributed by atoms with Crippen molar-refractivity contribution in [3.05, 3.63) is 88.6 Å². The molecule has 2 aromatic carbocycles. The maximum Gasteiger partial charge on any atom is 0.268 e. The molecule has 2 aliphatic rings. The minimum Gasteiger partial charge on any atom is -0.493 e. The standard InChI is InChI=1S/C32H35FN4O4S/c1-20(2)19-41-26-16-24(15-25(33)17-26)30-11-10-28(32(38)36-42(39,40)27-12-13-34-18-27)31(35-30)37-21(3)14-29(22(37)4)23-8-6-5-7-9-23/h5-13,15-17,20-22,29H,14,18-19H2,1-4H3,(H,36,38). The van der Waals surface area contributed by atoms with Crippen molar-refractivity contribution in [1.82, 2.24) is 9.71 Å². The Labute approximate surface area is 246 Å². The van der Waals surface area contributed by atoms with Crippen LogP contribution in [0, 0.1) is 11.7 Å². The summed E-state index contributed by atoms with van der Waals surface area (Å²) in [4.78, 5) is 24.5. The number of anilines is 1. The first-order chi connectivity index (χ1) is 20.0. The molecule has 3 aromatic rings. The van der Waals surface area contributed by atoms with Gasteiger partial charge in [-0.15, -0.1) is 0 Å². The Morgan fingerprint density at radius 1 is 1.12 bits per heavy atom. The van der Waals surface area contributed by atoms with Crippen LogP contribution in [0.15, 0.2) is 76.6 Å². The Bertz CT molecular complexity index is 1640. The topological polar surface area (TPSA) is 101 Å². The lowest BCUT2D eigenvalue weighted by atomic mass is 9.92. The molecule has 3 atom stereocenters. The molecule has 0 radical (unpaired) electrons. The highest BCUT2D eigenvalue weighted by Gasteiger charge is 2.40. The third-order valence-electron chi connectivity index (χ3n) is 7.62. The molecule has 220 valence electrons. The number of aromatic nitrogens is 1. The number of nitrogens with one attached hydrogen (secondary N) is 1. The number of hydrogen-bond acceptors (Lipinski definition) is 7. The predicted octanol–water partition coefficient (Wildman–Crippen LogP) is 5.72. The Morgan fingerprint density at radius 3 is 2.57 bits per heavy atom. The minimum absolute atomic E-state index is 0.0144. The fourth-order valence-electron chi connectivity index (χ4n) is 5.58. The summed E-state index contributed by atoms with van der Waals surface area (Å²) in [5.41, 5.74) is 2.21. The number of halogens is 1. The Balaban J connectivity index is 1.56. The summed E-state index contributed by atoms with van der Waals surface area (Å²) in [6.07, 6.45) is 3.58. The molecule has 0 saturated carbocycles. The predicted molar refractivity (Wildman–Crippen MR) is 163 cm³/mol. The van der Waals surface area contributed by atoms with Crippen molar-refractivity contribution < 1.29 is 22.3 Å². The largest absolute Gasteiger partial charge is 0.493 e. The molecule has 5 rings (SSSR count). The lowest BCUT2D eigenvalue weighted by molar-refractivity contribution is 0.0981. The average Bonchev–Trinajstić information content (AvgIpc) is 3.60. The maximum absolute atomic E-state index is 14.7. The van der Waals surface area contributed by atoms with Gasteiger partial charge < -0.3 is 9.64 Å². The van der Waals surface area contributed by atoms with Crippen molar-refractivity contribution in [1.29, 1.82) is 0 Å². The van der Waals surface area contributed by atoms with E-state index < -0.39 is 21.7 Å². The average molecular weight is 591 g/mol. The van der Waals surface area contributed by atoms with E-state index in [4.69, 9.17) is 9.72 Å². The highest BCUT2D eigenvalue weighted by Crippen LogP contribution is 2.41. The zero-order valence-electron chi connectivity index (χ0n) is 24.1. The number of ether oxygens (including phenoxy) is 1. The zero-order chi connectivity index (χ0) is 30.0. The summed E-state index contributed by atoms with van der Waals surface area (Å²) in [5, 5.41) is 0. The molecule has 42 heavy (non-hydrogen) atoms. The van der Waals surface area contributed by atoms with Gasteiger partial charge in [0.1, 0.15) is 17.4 Å². The number of hydrogen-bond donors (Lipinski definition) is 1. The zero-order valence-corrected chi connectivity index (χ0v) is 24.9. The van der Waals surface area contributed by atoms with Gasteiger partial charge in [-0.25, -0.2) is 22.5 Å². The first-order valence-corrected chi connectivity index (χ1v) is 15.6. The molecule has 0 spiro atoms. The summed E-state index contributed by atoms with van der Waals surface area (Å²) in [7, 11) is -4.09. The molecule has 0 aliphatic carbocycles. The first kappa shape index (κ1) is 29.4. The number of amides is 1. The van der Waals surface area contributed by atoms with E-state index in [-0.39, 0.29) is 40.9 Å². The molecular formula is C32H35FN4O4S. The Kier molecular flexibility index (Phi) is 8.45. The van der Waals surface area contributed by atoms with E-state index in [9.17, 15) is 17.6 Å². The Hall–Kier alpha value is -4.05. The second-order valence-electron chi connectivity index (χ2n) is 11.3. The number of pyridine rings is 1. The van der Waals surface area contributed by atoms with E-state index >= 15 is 0 Å². The van der Waals surface area contributed by atoms with Gasteiger partial charge in [0.05, 0.1) is 29.3 Å². The van der Waals surface area contributed by atoms with Gasteiger partial charge in [-0.3, -0.25) is 9.79 Å². The van der Waals surface area contributed by atoms with Crippen LogP contribution in [0.4, 0.5) is 10.2 Å². The molecule has 1 saturated heterocycles. The summed E-state index contributed by atoms with van der Waals surface area (Å²) in [6, 6.07) is 17.7. The molecule has 3 heterocycles. The molecule has 3 unspecified atom stereocenters. The van der Waals surface area contributed by atoms with E-state index in [1.807, 2.05) is 32.0 Å². The van der Waals surface area contributed by atoms with Crippen molar-refractivity contribution in [3.8, 4) is 17.0 Å². The van der Waals surface area contributed by atoms with Crippen molar-refractivity contribution >= 4 is 28.0 Å². The number of carbonyl (C=O) groups excluding carboxylic acids is 1. The van der Waals surface area contributed by atoms with Crippen molar-refractivity contribution in [3.63, 3.8) is 0 Å². The van der Waals surface area contributed by atoms with Crippen LogP contribution >= 0.6 is 0 Å². The molecule has 10 heteroatoms. The lowest BCUT2D eigenvalue weighted by Crippen LogP contribution is -2.38. The third kappa shape index (κ3) is 6.23. The van der Waals surface area contributed by atoms with Crippen molar-refractivity contribution in [2.75, 3.05) is 18.1 Å². The number of carbonyl (C=O) groups is 1. The van der Waals surface area contributed by atoms with Crippen LogP contribution in [-0.2, 0) is 10.0 Å². The number of benzene rings is 2. The van der Waals surface area contributed by atoms with Crippen LogP contribution in [0.1, 0.15) is 56.0 Å². The smallest absolute Gasteiger partial charge is 0.268 e. The van der Waals surface area contributed by atoms with Crippen LogP contribution in [0.5, 0.6) is 5.75 Å². The molecule has 2 aliphatic heterocycles. The fraction of sp³-hybridized carbons (Fsp3) is 0.344. The van der Waals surface area contributed by atoms with E-state index in [1.165, 1.54) is 30.0 Å². The van der Waals surface area contributed by atoms with Crippen LogP contribution in [0.2, 0.25) is 0 Å². The molecular weight excluding hydrogens is 555 g/mol. The van der Waals surface area contributed by atoms with Gasteiger partial charge in [-0.2, -0.15) is 0 Å². The van der Waals surface area contributed by atoms with Crippen LogP contribution < -0.4 is 14.4 Å². The van der Waals surface area contributed by atoms with Crippen LogP contribution in [-0.4, -0.2) is 50.8 Å². The van der Waals surface area contributed by atoms with Crippen LogP contribution in [0.25, 0.3) is 11.3 Å². The van der Waals surface area contributed by atoms with Crippen LogP contribution in [0.3, 0.4) is 0 Å². The monoisotopic (exact) mass is 590 g/mol. The first-order valence-electron chi connectivity index (χ1n) is 14.1. The SMILES string of the molecule is CC(C)COc1cc(F)cc(-c2ccc(C(=O)NS(=O)(=O)C3=CC=NC3)c(N3C(C)CC(c4ccccc4)C3C)n2)c1. The summed E-state index contributed by atoms with van der Waals surface area (Å²) in [5.74, 6) is -0.116. The molecule has 1 fully saturated rings. The number of aliphatic imine (C=N–C) groups is 1. The lowest BCUT2D eigenvalue weighted by Gasteiger charge is -2.31. The maximum atomic E-state index is 14.7. The van der Waals surface area contributed by atoms with Gasteiger partial charge >= 0.3 is 0 Å². The summed E-state index contributed by atoms with van der Waals surface area (Å²) < 4.78 is 48.5. The van der Waals surface area contributed by atoms with E-state index in [2.05, 4.69) is 40.6 Å². The van der Waals surface area contributed by atoms with Gasteiger partial charge in [0.25, 0.3) is 15.9 Å². The molecule has 1 aromatic heterocycles. The van der Waals surface area contributed by atoms with E-state index in [0.717, 1.165) is 6.42 Å². The highest BCUT2D eigenvalue weighted by atomic mass is 32.2. The number of sulfonamides is 1. The highest BCUT2D eigenvalue weighted by molar-refractivity contribution is 7.94. The van der Waals surface area contributed by atoms with Gasteiger partial charge in [0.2, 0.25) is 0 Å². The van der Waals surface area contributed by atoms with Gasteiger partial charge in [0, 0.05) is 35.8 Å². The second-order valence-corrected chi connectivity index (χ2v) is 13.0. The normalized spacial score (nSPS) is 20.2. The van der Waals surface area contributed by atoms with Gasteiger partial charge in [-0.1, -0.05) is 44.2 Å². The molecule has 1 N–H and O–H groups in total. The second kappa shape index (κ2) is 12.1. The summed E-state index contributed by atoms with van der Waals surface area (Å²) >= 11 is 0. The van der Waals surface area contributed by atoms with Gasteiger partial charge in [-0.05, 0) is 62.1 Å². The quantitative estimate of drug-likeness (QED) is 0.342. The fourth-order valence-corrected chi connectivity index (χ4v) is 6.55. The van der Waals surface area contributed by atoms with E-state index in [0.29, 0.717) is 29.4 Å². The van der Waals surface area contributed by atoms with E-state index in [1.54, 1.807) is 18.2 Å². The van der Waals surface area contributed by atoms with Gasteiger partial charge in [0.15, 0.2) is 0 Å². The molecule has 1 amide bonds. The molecule has 8 nitrogen and oxygen atoms in total. The minimum atomic E-state index is -4.09. The molecule has 0 bridgehead atoms. The van der Waals surface area contributed by atoms with Crippen molar-refractivity contribution in [2.45, 2.75) is 52.1 Å². The third-order valence-corrected chi connectivity index (χ3v) is 9.03. The Morgan fingerprint density at radius 2 is 1.88 bits per heavy atom. The number of rotatable bonds is 9. The number of allylic oxidation sites excluding steroid dienone is 1. The van der Waals surface area contributed by atoms with Crippen molar-refractivity contribution in [2.24, 2.45) is 10.9 Å².